The van der Waals surface area contributed by atoms with Crippen LogP contribution < -0.4 is 0 Å². The van der Waals surface area contributed by atoms with Crippen LogP contribution in [0.25, 0.3) is 0 Å². The number of sulfone groups is 2. The minimum Gasteiger partial charge on any atom is -0.229 e. The van der Waals surface area contributed by atoms with E-state index in [0.717, 1.165) is 0 Å². The fourth-order valence-electron chi connectivity index (χ4n) is 1.64. The van der Waals surface area contributed by atoms with Gasteiger partial charge in [-0.15, -0.1) is 0 Å². The first-order valence-corrected chi connectivity index (χ1v) is 9.68. The van der Waals surface area contributed by atoms with Gasteiger partial charge < -0.3 is 0 Å². The average molecular weight is 322 g/mol. The van der Waals surface area contributed by atoms with Gasteiger partial charge in [0.2, 0.25) is 0 Å². The van der Waals surface area contributed by atoms with Crippen molar-refractivity contribution in [3.63, 3.8) is 0 Å². The second-order valence-electron chi connectivity index (χ2n) is 4.95. The number of rotatable bonds is 6. The summed E-state index contributed by atoms with van der Waals surface area (Å²) >= 11 is 0. The predicted octanol–water partition coefficient (Wildman–Crippen LogP) is 2.12. The Hall–Kier alpha value is -0.950. The van der Waals surface area contributed by atoms with Crippen LogP contribution in [-0.4, -0.2) is 33.6 Å². The molecule has 0 aliphatic heterocycles. The van der Waals surface area contributed by atoms with Gasteiger partial charge in [-0.1, -0.05) is 18.2 Å². The number of benzene rings is 1. The van der Waals surface area contributed by atoms with Gasteiger partial charge in [0.1, 0.15) is 5.82 Å². The van der Waals surface area contributed by atoms with Crippen LogP contribution in [0, 0.1) is 5.82 Å². The summed E-state index contributed by atoms with van der Waals surface area (Å²) in [7, 11) is -7.15. The third-order valence-electron chi connectivity index (χ3n) is 3.25. The predicted molar refractivity (Wildman–Crippen MR) is 77.5 cm³/mol. The first-order chi connectivity index (χ1) is 9.08. The molecule has 0 aliphatic rings. The third kappa shape index (κ3) is 4.02. The van der Waals surface area contributed by atoms with Gasteiger partial charge in [0.25, 0.3) is 0 Å². The molecule has 114 valence electrons. The maximum atomic E-state index is 13.6. The Balaban J connectivity index is 2.93. The van der Waals surface area contributed by atoms with Crippen molar-refractivity contribution >= 4 is 19.7 Å². The Bertz CT molecular complexity index is 663. The van der Waals surface area contributed by atoms with Gasteiger partial charge in [-0.25, -0.2) is 21.2 Å². The second kappa shape index (κ2) is 6.22. The van der Waals surface area contributed by atoms with Crippen LogP contribution in [0.2, 0.25) is 0 Å². The molecule has 1 unspecified atom stereocenters. The van der Waals surface area contributed by atoms with E-state index in [1.807, 2.05) is 0 Å². The quantitative estimate of drug-likeness (QED) is 0.804. The molecule has 20 heavy (non-hydrogen) atoms. The molecule has 1 atom stereocenters. The summed E-state index contributed by atoms with van der Waals surface area (Å²) < 4.78 is 61.2. The molecule has 0 heterocycles. The summed E-state index contributed by atoms with van der Waals surface area (Å²) in [5.74, 6) is -1.54. The van der Waals surface area contributed by atoms with Gasteiger partial charge in [-0.2, -0.15) is 0 Å². The summed E-state index contributed by atoms with van der Waals surface area (Å²) in [6.45, 7) is 4.38. The monoisotopic (exact) mass is 322 g/mol. The lowest BCUT2D eigenvalue weighted by Crippen LogP contribution is -2.26. The van der Waals surface area contributed by atoms with Crippen molar-refractivity contribution in [1.29, 1.82) is 0 Å². The Morgan fingerprint density at radius 3 is 1.95 bits per heavy atom. The van der Waals surface area contributed by atoms with Crippen LogP contribution >= 0.6 is 0 Å². The summed E-state index contributed by atoms with van der Waals surface area (Å²) in [4.78, 5) is 0. The molecule has 4 nitrogen and oxygen atoms in total. The van der Waals surface area contributed by atoms with Gasteiger partial charge in [0.15, 0.2) is 19.7 Å². The standard InChI is InChI=1S/C13H19FO4S2/c1-10(2)19(15,16)8-9-20(17,18)11(3)12-6-4-5-7-13(12)14/h4-7,10-11H,8-9H2,1-3H3. The fraction of sp³-hybridized carbons (Fsp3) is 0.538. The topological polar surface area (TPSA) is 68.3 Å². The molecule has 1 aromatic carbocycles. The summed E-state index contributed by atoms with van der Waals surface area (Å²) in [6, 6.07) is 5.61. The normalized spacial score (nSPS) is 14.4. The Morgan fingerprint density at radius 1 is 0.950 bits per heavy atom. The molecule has 0 fully saturated rings. The zero-order valence-electron chi connectivity index (χ0n) is 11.7. The molecule has 0 radical (unpaired) electrons. The van der Waals surface area contributed by atoms with Crippen molar-refractivity contribution in [2.45, 2.75) is 31.3 Å². The highest BCUT2D eigenvalue weighted by molar-refractivity contribution is 7.95. The van der Waals surface area contributed by atoms with E-state index in [2.05, 4.69) is 0 Å². The molecular formula is C13H19FO4S2. The van der Waals surface area contributed by atoms with E-state index < -0.39 is 47.5 Å². The number of halogens is 1. The van der Waals surface area contributed by atoms with E-state index in [4.69, 9.17) is 0 Å². The zero-order valence-corrected chi connectivity index (χ0v) is 13.3. The van der Waals surface area contributed by atoms with Gasteiger partial charge >= 0.3 is 0 Å². The molecule has 7 heteroatoms. The molecule has 0 saturated heterocycles. The van der Waals surface area contributed by atoms with Gasteiger partial charge in [0.05, 0.1) is 22.0 Å². The molecule has 0 N–H and O–H groups in total. The fourth-order valence-corrected chi connectivity index (χ4v) is 4.90. The lowest BCUT2D eigenvalue weighted by molar-refractivity contribution is 0.570. The van der Waals surface area contributed by atoms with Crippen LogP contribution in [0.4, 0.5) is 4.39 Å². The van der Waals surface area contributed by atoms with E-state index in [0.29, 0.717) is 0 Å². The lowest BCUT2D eigenvalue weighted by atomic mass is 10.1. The smallest absolute Gasteiger partial charge is 0.158 e. The SMILES string of the molecule is CC(C)S(=O)(=O)CCS(=O)(=O)C(C)c1ccccc1F. The molecule has 0 saturated carbocycles. The maximum Gasteiger partial charge on any atom is 0.158 e. The van der Waals surface area contributed by atoms with Gasteiger partial charge in [-0.05, 0) is 26.8 Å². The van der Waals surface area contributed by atoms with Crippen LogP contribution in [-0.2, 0) is 19.7 Å². The highest BCUT2D eigenvalue weighted by Gasteiger charge is 2.28. The second-order valence-corrected chi connectivity index (χ2v) is 10.1. The Kier molecular flexibility index (Phi) is 5.32. The molecule has 1 rings (SSSR count). The van der Waals surface area contributed by atoms with Crippen molar-refractivity contribution in [3.8, 4) is 0 Å². The van der Waals surface area contributed by atoms with Gasteiger partial charge in [0, 0.05) is 5.56 Å². The summed E-state index contributed by atoms with van der Waals surface area (Å²) in [5.41, 5.74) is 0.0643. The molecule has 0 spiro atoms. The largest absolute Gasteiger partial charge is 0.229 e. The molecule has 1 aromatic rings. The highest BCUT2D eigenvalue weighted by Crippen LogP contribution is 2.25. The van der Waals surface area contributed by atoms with E-state index in [1.54, 1.807) is 6.07 Å². The van der Waals surface area contributed by atoms with Crippen molar-refractivity contribution in [2.24, 2.45) is 0 Å². The lowest BCUT2D eigenvalue weighted by Gasteiger charge is -2.15. The number of hydrogen-bond acceptors (Lipinski definition) is 4. The minimum absolute atomic E-state index is 0.0643. The number of hydrogen-bond donors (Lipinski definition) is 0. The Labute approximate surface area is 119 Å². The third-order valence-corrected chi connectivity index (χ3v) is 7.82. The minimum atomic E-state index is -3.72. The molecule has 0 amide bonds. The van der Waals surface area contributed by atoms with E-state index in [9.17, 15) is 21.2 Å². The van der Waals surface area contributed by atoms with Crippen molar-refractivity contribution in [2.75, 3.05) is 11.5 Å². The molecule has 0 bridgehead atoms. The van der Waals surface area contributed by atoms with E-state index in [1.165, 1.54) is 39.0 Å². The van der Waals surface area contributed by atoms with Crippen LogP contribution in [0.3, 0.4) is 0 Å². The molecule has 0 aliphatic carbocycles. The summed E-state index contributed by atoms with van der Waals surface area (Å²) in [6.07, 6.45) is 0. The van der Waals surface area contributed by atoms with E-state index >= 15 is 0 Å². The van der Waals surface area contributed by atoms with Crippen LogP contribution in [0.5, 0.6) is 0 Å². The van der Waals surface area contributed by atoms with Crippen molar-refractivity contribution in [3.05, 3.63) is 35.6 Å². The first-order valence-electron chi connectivity index (χ1n) is 6.25. The van der Waals surface area contributed by atoms with E-state index in [-0.39, 0.29) is 5.56 Å². The van der Waals surface area contributed by atoms with Crippen LogP contribution in [0.1, 0.15) is 31.6 Å². The van der Waals surface area contributed by atoms with Crippen molar-refractivity contribution in [1.82, 2.24) is 0 Å². The van der Waals surface area contributed by atoms with Gasteiger partial charge in [-0.3, -0.25) is 0 Å². The summed E-state index contributed by atoms with van der Waals surface area (Å²) in [5, 5.41) is -1.69. The maximum absolute atomic E-state index is 13.6. The molecular weight excluding hydrogens is 303 g/mol. The Morgan fingerprint density at radius 2 is 1.45 bits per heavy atom. The van der Waals surface area contributed by atoms with Crippen LogP contribution in [0.15, 0.2) is 24.3 Å². The van der Waals surface area contributed by atoms with Crippen molar-refractivity contribution < 1.29 is 21.2 Å². The average Bonchev–Trinajstić information content (AvgIpc) is 2.36. The first kappa shape index (κ1) is 17.1. The highest BCUT2D eigenvalue weighted by atomic mass is 32.2. The molecule has 0 aromatic heterocycles. The zero-order chi connectivity index (χ0) is 15.6.